The predicted octanol–water partition coefficient (Wildman–Crippen LogP) is 2.63. The van der Waals surface area contributed by atoms with Crippen molar-refractivity contribution in [1.82, 2.24) is 5.32 Å². The Kier molecular flexibility index (Phi) is 2.69. The van der Waals surface area contributed by atoms with Crippen molar-refractivity contribution in [1.29, 1.82) is 0 Å². The first-order valence-electron chi connectivity index (χ1n) is 7.52. The number of nitrogens with one attached hydrogen (secondary N) is 1. The molecule has 2 fully saturated rings. The fraction of sp³-hybridized carbons (Fsp3) is 0.625. The quantitative estimate of drug-likeness (QED) is 0.841. The van der Waals surface area contributed by atoms with Crippen molar-refractivity contribution in [3.05, 3.63) is 23.8 Å². The van der Waals surface area contributed by atoms with Crippen LogP contribution in [0.4, 0.5) is 0 Å². The van der Waals surface area contributed by atoms with Gasteiger partial charge in [-0.3, -0.25) is 0 Å². The van der Waals surface area contributed by atoms with E-state index in [1.165, 1.54) is 37.7 Å². The summed E-state index contributed by atoms with van der Waals surface area (Å²) in [5, 5.41) is 3.71. The lowest BCUT2D eigenvalue weighted by atomic mass is 9.66. The van der Waals surface area contributed by atoms with Crippen LogP contribution in [0.15, 0.2) is 18.2 Å². The lowest BCUT2D eigenvalue weighted by molar-refractivity contribution is 0.170. The molecule has 19 heavy (non-hydrogen) atoms. The zero-order valence-corrected chi connectivity index (χ0v) is 11.3. The Morgan fingerprint density at radius 1 is 1.05 bits per heavy atom. The molecule has 1 aromatic rings. The van der Waals surface area contributed by atoms with Gasteiger partial charge >= 0.3 is 0 Å². The molecular weight excluding hydrogens is 238 g/mol. The summed E-state index contributed by atoms with van der Waals surface area (Å²) in [7, 11) is 0. The highest BCUT2D eigenvalue weighted by atomic mass is 16.6. The highest BCUT2D eigenvalue weighted by molar-refractivity contribution is 5.47. The number of hydrogen-bond acceptors (Lipinski definition) is 3. The first kappa shape index (κ1) is 11.6. The molecule has 2 heterocycles. The third-order valence-corrected chi connectivity index (χ3v) is 5.11. The monoisotopic (exact) mass is 259 g/mol. The maximum absolute atomic E-state index is 5.75. The van der Waals surface area contributed by atoms with Gasteiger partial charge in [-0.25, -0.2) is 0 Å². The van der Waals surface area contributed by atoms with Crippen LogP contribution in [0.25, 0.3) is 0 Å². The molecule has 0 aromatic heterocycles. The molecule has 0 spiro atoms. The van der Waals surface area contributed by atoms with E-state index in [0.717, 1.165) is 18.0 Å². The van der Waals surface area contributed by atoms with Gasteiger partial charge in [-0.2, -0.15) is 0 Å². The number of ether oxygens (including phenoxy) is 2. The minimum Gasteiger partial charge on any atom is -0.486 e. The lowest BCUT2D eigenvalue weighted by Gasteiger charge is -2.40. The first-order chi connectivity index (χ1) is 9.38. The average Bonchev–Trinajstić information content (AvgIpc) is 2.92. The van der Waals surface area contributed by atoms with Gasteiger partial charge in [0.05, 0.1) is 0 Å². The van der Waals surface area contributed by atoms with Gasteiger partial charge in [-0.05, 0) is 43.5 Å². The van der Waals surface area contributed by atoms with Crippen LogP contribution < -0.4 is 14.8 Å². The van der Waals surface area contributed by atoms with Crippen LogP contribution in [0.3, 0.4) is 0 Å². The second-order valence-corrected chi connectivity index (χ2v) is 6.02. The number of rotatable bonds is 1. The van der Waals surface area contributed by atoms with Gasteiger partial charge in [0.25, 0.3) is 0 Å². The summed E-state index contributed by atoms with van der Waals surface area (Å²) in [5.74, 6) is 1.85. The first-order valence-corrected chi connectivity index (χ1v) is 7.52. The Labute approximate surface area is 114 Å². The highest BCUT2D eigenvalue weighted by Gasteiger charge is 2.45. The molecular formula is C16H21NO2. The van der Waals surface area contributed by atoms with Crippen LogP contribution in [0.2, 0.25) is 0 Å². The van der Waals surface area contributed by atoms with E-state index >= 15 is 0 Å². The highest BCUT2D eigenvalue weighted by Crippen LogP contribution is 2.47. The molecule has 2 aliphatic heterocycles. The zero-order chi connectivity index (χ0) is 12.7. The molecule has 1 saturated heterocycles. The van der Waals surface area contributed by atoms with Gasteiger partial charge < -0.3 is 14.8 Å². The molecule has 1 N–H and O–H groups in total. The van der Waals surface area contributed by atoms with Crippen molar-refractivity contribution in [3.8, 4) is 11.5 Å². The summed E-state index contributed by atoms with van der Waals surface area (Å²) >= 11 is 0. The largest absolute Gasteiger partial charge is 0.486 e. The standard InChI is InChI=1S/C16H21NO2/c1-2-6-16(7-8-17-15(16)3-1)12-4-5-13-14(11-12)19-10-9-18-13/h4-5,11,15,17H,1-3,6-10H2/t15-,16-/m0/s1. The molecule has 0 unspecified atom stereocenters. The maximum Gasteiger partial charge on any atom is 0.161 e. The van der Waals surface area contributed by atoms with E-state index in [4.69, 9.17) is 9.47 Å². The summed E-state index contributed by atoms with van der Waals surface area (Å²) in [5.41, 5.74) is 1.79. The Bertz CT molecular complexity index is 488. The summed E-state index contributed by atoms with van der Waals surface area (Å²) in [4.78, 5) is 0. The predicted molar refractivity (Wildman–Crippen MR) is 74.0 cm³/mol. The zero-order valence-electron chi connectivity index (χ0n) is 11.3. The SMILES string of the molecule is c1cc2c(cc1[C@@]13CCCC[C@@H]1NCC3)OCCO2. The van der Waals surface area contributed by atoms with Crippen LogP contribution in [0.1, 0.15) is 37.7 Å². The van der Waals surface area contributed by atoms with Crippen LogP contribution in [0, 0.1) is 0 Å². The Morgan fingerprint density at radius 3 is 2.89 bits per heavy atom. The van der Waals surface area contributed by atoms with Gasteiger partial charge in [0, 0.05) is 11.5 Å². The van der Waals surface area contributed by atoms with Crippen molar-refractivity contribution in [2.75, 3.05) is 19.8 Å². The lowest BCUT2D eigenvalue weighted by Crippen LogP contribution is -2.42. The molecule has 0 amide bonds. The van der Waals surface area contributed by atoms with Gasteiger partial charge in [0.15, 0.2) is 11.5 Å². The Morgan fingerprint density at radius 2 is 1.95 bits per heavy atom. The number of fused-ring (bicyclic) bond motifs is 2. The third-order valence-electron chi connectivity index (χ3n) is 5.11. The maximum atomic E-state index is 5.75. The normalized spacial score (nSPS) is 32.9. The van der Waals surface area contributed by atoms with Crippen molar-refractivity contribution >= 4 is 0 Å². The molecule has 2 atom stereocenters. The second kappa shape index (κ2) is 4.41. The van der Waals surface area contributed by atoms with E-state index in [2.05, 4.69) is 23.5 Å². The molecule has 4 rings (SSSR count). The number of benzene rings is 1. The minimum absolute atomic E-state index is 0.341. The molecule has 1 saturated carbocycles. The van der Waals surface area contributed by atoms with Crippen LogP contribution in [-0.2, 0) is 5.41 Å². The smallest absolute Gasteiger partial charge is 0.161 e. The summed E-state index contributed by atoms with van der Waals surface area (Å²) in [6.45, 7) is 2.49. The molecule has 3 heteroatoms. The molecule has 102 valence electrons. The van der Waals surface area contributed by atoms with Crippen molar-refractivity contribution in [2.24, 2.45) is 0 Å². The van der Waals surface area contributed by atoms with Gasteiger partial charge in [0.2, 0.25) is 0 Å². The summed E-state index contributed by atoms with van der Waals surface area (Å²) in [6.07, 6.45) is 6.60. The van der Waals surface area contributed by atoms with Crippen molar-refractivity contribution < 1.29 is 9.47 Å². The van der Waals surface area contributed by atoms with E-state index < -0.39 is 0 Å². The fourth-order valence-corrected chi connectivity index (χ4v) is 4.15. The molecule has 3 nitrogen and oxygen atoms in total. The van der Waals surface area contributed by atoms with Gasteiger partial charge in [-0.15, -0.1) is 0 Å². The van der Waals surface area contributed by atoms with Crippen LogP contribution in [-0.4, -0.2) is 25.8 Å². The van der Waals surface area contributed by atoms with Gasteiger partial charge in [0.1, 0.15) is 13.2 Å². The molecule has 1 aromatic carbocycles. The van der Waals surface area contributed by atoms with E-state index in [1.54, 1.807) is 0 Å². The Balaban J connectivity index is 1.74. The van der Waals surface area contributed by atoms with E-state index in [0.29, 0.717) is 24.7 Å². The van der Waals surface area contributed by atoms with Gasteiger partial charge in [-0.1, -0.05) is 18.9 Å². The third kappa shape index (κ3) is 1.75. The van der Waals surface area contributed by atoms with E-state index in [-0.39, 0.29) is 0 Å². The molecule has 0 radical (unpaired) electrons. The fourth-order valence-electron chi connectivity index (χ4n) is 4.15. The number of hydrogen-bond donors (Lipinski definition) is 1. The summed E-state index contributed by atoms with van der Waals surface area (Å²) in [6, 6.07) is 7.25. The van der Waals surface area contributed by atoms with E-state index in [1.807, 2.05) is 0 Å². The molecule has 0 bridgehead atoms. The topological polar surface area (TPSA) is 30.5 Å². The molecule has 3 aliphatic rings. The average molecular weight is 259 g/mol. The van der Waals surface area contributed by atoms with Crippen molar-refractivity contribution in [2.45, 2.75) is 43.6 Å². The second-order valence-electron chi connectivity index (χ2n) is 6.02. The Hall–Kier alpha value is -1.22. The minimum atomic E-state index is 0.341. The van der Waals surface area contributed by atoms with Crippen molar-refractivity contribution in [3.63, 3.8) is 0 Å². The molecule has 1 aliphatic carbocycles. The van der Waals surface area contributed by atoms with Crippen LogP contribution >= 0.6 is 0 Å². The van der Waals surface area contributed by atoms with Crippen LogP contribution in [0.5, 0.6) is 11.5 Å². The summed E-state index contributed by atoms with van der Waals surface area (Å²) < 4.78 is 11.4. The van der Waals surface area contributed by atoms with E-state index in [9.17, 15) is 0 Å².